The van der Waals surface area contributed by atoms with Gasteiger partial charge in [-0.15, -0.1) is 0 Å². The summed E-state index contributed by atoms with van der Waals surface area (Å²) < 4.78 is 30.7. The van der Waals surface area contributed by atoms with E-state index in [4.69, 9.17) is 4.99 Å². The fourth-order valence-electron chi connectivity index (χ4n) is 4.56. The van der Waals surface area contributed by atoms with Crippen LogP contribution in [0.4, 0.5) is 20.3 Å². The van der Waals surface area contributed by atoms with Gasteiger partial charge in [-0.2, -0.15) is 0 Å². The van der Waals surface area contributed by atoms with E-state index in [0.717, 1.165) is 36.3 Å². The van der Waals surface area contributed by atoms with Crippen molar-refractivity contribution in [1.82, 2.24) is 20.6 Å². The first-order valence-electron chi connectivity index (χ1n) is 11.9. The second-order valence-corrected chi connectivity index (χ2v) is 8.86. The van der Waals surface area contributed by atoms with Gasteiger partial charge in [0, 0.05) is 30.6 Å². The Bertz CT molecular complexity index is 1320. The van der Waals surface area contributed by atoms with Crippen molar-refractivity contribution >= 4 is 17.3 Å². The van der Waals surface area contributed by atoms with Gasteiger partial charge in [0.2, 0.25) is 0 Å². The Balaban J connectivity index is 1.77. The minimum absolute atomic E-state index is 0.0175. The Morgan fingerprint density at radius 1 is 1.09 bits per heavy atom. The lowest BCUT2D eigenvalue weighted by Gasteiger charge is -2.19. The zero-order chi connectivity index (χ0) is 24.4. The van der Waals surface area contributed by atoms with E-state index in [9.17, 15) is 0 Å². The maximum absolute atomic E-state index is 15.6. The molecule has 0 aliphatic carbocycles. The summed E-state index contributed by atoms with van der Waals surface area (Å²) in [5.74, 6) is -0.214. The van der Waals surface area contributed by atoms with Gasteiger partial charge < -0.3 is 16.0 Å². The Kier molecular flexibility index (Phi) is 6.55. The second-order valence-electron chi connectivity index (χ2n) is 8.86. The van der Waals surface area contributed by atoms with Crippen molar-refractivity contribution in [2.45, 2.75) is 32.1 Å². The van der Waals surface area contributed by atoms with Gasteiger partial charge in [0.15, 0.2) is 0 Å². The van der Waals surface area contributed by atoms with Crippen molar-refractivity contribution in [3.8, 4) is 11.3 Å². The van der Waals surface area contributed by atoms with Crippen LogP contribution in [-0.2, 0) is 6.42 Å². The molecule has 3 aliphatic rings. The van der Waals surface area contributed by atoms with Crippen molar-refractivity contribution in [3.05, 3.63) is 82.8 Å². The quantitative estimate of drug-likeness (QED) is 0.452. The molecule has 180 valence electrons. The van der Waals surface area contributed by atoms with E-state index in [1.165, 1.54) is 12.1 Å². The number of fused-ring (bicyclic) bond motifs is 1. The standard InChI is InChI=1S/C27H28F2N6/c1-16-8-12-33-27-19-15-21(29)25(35-27)22-17(6-5-7-20(22)28)14-18-9-13-31-23(16)24(18)34-26(19)32-11-4-3-10-30-2/h5-9,12-13,15-16,30H,3-4,10-11,14H2,1-2H3,(H,32,34)(H,33,35)/b12-8-. The summed E-state index contributed by atoms with van der Waals surface area (Å²) in [6.45, 7) is 3.62. The molecule has 0 saturated heterocycles. The summed E-state index contributed by atoms with van der Waals surface area (Å²) in [7, 11) is 1.93. The molecular weight excluding hydrogens is 446 g/mol. The summed E-state index contributed by atoms with van der Waals surface area (Å²) in [4.78, 5) is 14.3. The van der Waals surface area contributed by atoms with Gasteiger partial charge in [0.1, 0.15) is 29.0 Å². The average molecular weight is 475 g/mol. The number of benzene rings is 1. The predicted molar refractivity (Wildman–Crippen MR) is 135 cm³/mol. The molecule has 0 fully saturated rings. The molecular formula is C27H28F2N6. The highest BCUT2D eigenvalue weighted by molar-refractivity contribution is 6.05. The van der Waals surface area contributed by atoms with Crippen LogP contribution >= 0.6 is 0 Å². The molecule has 3 aromatic rings. The molecule has 1 aromatic carbocycles. The Morgan fingerprint density at radius 2 is 1.94 bits per heavy atom. The van der Waals surface area contributed by atoms with Crippen LogP contribution in [0.25, 0.3) is 11.3 Å². The Labute approximate surface area is 203 Å². The number of hydrogen-bond donors (Lipinski definition) is 3. The number of allylic oxidation sites excluding steroid dienone is 1. The van der Waals surface area contributed by atoms with E-state index in [-0.39, 0.29) is 17.2 Å². The zero-order valence-electron chi connectivity index (χ0n) is 19.8. The topological polar surface area (TPSA) is 74.2 Å². The molecule has 6 rings (SSSR count). The molecule has 8 heteroatoms. The fraction of sp³-hybridized carbons (Fsp3) is 0.296. The molecule has 35 heavy (non-hydrogen) atoms. The van der Waals surface area contributed by atoms with Gasteiger partial charge >= 0.3 is 0 Å². The molecule has 0 spiro atoms. The molecule has 1 atom stereocenters. The molecule has 0 radical (unpaired) electrons. The highest BCUT2D eigenvalue weighted by Crippen LogP contribution is 2.38. The molecule has 0 amide bonds. The number of unbranched alkanes of at least 4 members (excludes halogenated alkanes) is 1. The Morgan fingerprint density at radius 3 is 2.80 bits per heavy atom. The molecule has 1 unspecified atom stereocenters. The SMILES string of the molecule is CNCCCCN/C1=N/c2c3ccnc2C(C)/C=C\Nc2nc(c(F)cc21)-c1c(F)cccc1C3. The zero-order valence-corrected chi connectivity index (χ0v) is 19.8. The first-order valence-corrected chi connectivity index (χ1v) is 11.9. The second kappa shape index (κ2) is 9.92. The van der Waals surface area contributed by atoms with E-state index < -0.39 is 11.6 Å². The third kappa shape index (κ3) is 4.53. The summed E-state index contributed by atoms with van der Waals surface area (Å²) in [5.41, 5.74) is 3.70. The van der Waals surface area contributed by atoms with Gasteiger partial charge in [-0.05, 0) is 62.0 Å². The third-order valence-corrected chi connectivity index (χ3v) is 6.39. The van der Waals surface area contributed by atoms with Crippen molar-refractivity contribution < 1.29 is 8.78 Å². The maximum atomic E-state index is 15.6. The van der Waals surface area contributed by atoms with Crippen LogP contribution < -0.4 is 16.0 Å². The predicted octanol–water partition coefficient (Wildman–Crippen LogP) is 5.04. The number of aromatic nitrogens is 2. The monoisotopic (exact) mass is 474 g/mol. The third-order valence-electron chi connectivity index (χ3n) is 6.39. The number of pyridine rings is 2. The summed E-state index contributed by atoms with van der Waals surface area (Å²) in [5, 5.41) is 9.75. The number of aliphatic imine (C=N–C) groups is 1. The van der Waals surface area contributed by atoms with E-state index in [1.54, 1.807) is 18.5 Å². The average Bonchev–Trinajstić information content (AvgIpc) is 2.87. The smallest absolute Gasteiger partial charge is 0.150 e. The van der Waals surface area contributed by atoms with Gasteiger partial charge in [-0.25, -0.2) is 18.8 Å². The van der Waals surface area contributed by atoms with E-state index in [0.29, 0.717) is 35.7 Å². The minimum Gasteiger partial charge on any atom is -0.369 e. The summed E-state index contributed by atoms with van der Waals surface area (Å²) >= 11 is 0. The van der Waals surface area contributed by atoms with Crippen molar-refractivity contribution in [1.29, 1.82) is 0 Å². The fourth-order valence-corrected chi connectivity index (χ4v) is 4.56. The number of hydrogen-bond acceptors (Lipinski definition) is 6. The largest absolute Gasteiger partial charge is 0.369 e. The molecule has 3 N–H and O–H groups in total. The van der Waals surface area contributed by atoms with Crippen molar-refractivity contribution in [3.63, 3.8) is 0 Å². The lowest BCUT2D eigenvalue weighted by atomic mass is 9.94. The molecule has 4 bridgehead atoms. The van der Waals surface area contributed by atoms with Crippen molar-refractivity contribution in [2.75, 3.05) is 25.5 Å². The van der Waals surface area contributed by atoms with Gasteiger partial charge in [-0.3, -0.25) is 4.98 Å². The highest BCUT2D eigenvalue weighted by Gasteiger charge is 2.25. The van der Waals surface area contributed by atoms with Crippen LogP contribution in [-0.4, -0.2) is 35.9 Å². The summed E-state index contributed by atoms with van der Waals surface area (Å²) in [6.07, 6.45) is 7.79. The van der Waals surface area contributed by atoms with Crippen molar-refractivity contribution in [2.24, 2.45) is 4.99 Å². The Hall–Kier alpha value is -3.65. The van der Waals surface area contributed by atoms with E-state index in [2.05, 4.69) is 25.9 Å². The number of nitrogens with one attached hydrogen (secondary N) is 3. The number of halogens is 2. The van der Waals surface area contributed by atoms with E-state index >= 15 is 8.78 Å². The maximum Gasteiger partial charge on any atom is 0.150 e. The van der Waals surface area contributed by atoms with Crippen LogP contribution in [0.2, 0.25) is 0 Å². The molecule has 0 saturated carbocycles. The summed E-state index contributed by atoms with van der Waals surface area (Å²) in [6, 6.07) is 8.09. The molecule has 5 heterocycles. The van der Waals surface area contributed by atoms with E-state index in [1.807, 2.05) is 32.2 Å². The van der Waals surface area contributed by atoms with Crippen LogP contribution in [0.15, 0.2) is 53.8 Å². The number of anilines is 1. The lowest BCUT2D eigenvalue weighted by molar-refractivity contribution is 0.610. The number of rotatable bonds is 5. The van der Waals surface area contributed by atoms with Gasteiger partial charge in [0.25, 0.3) is 0 Å². The highest BCUT2D eigenvalue weighted by atomic mass is 19.1. The van der Waals surface area contributed by atoms with Gasteiger partial charge in [-0.1, -0.05) is 25.1 Å². The lowest BCUT2D eigenvalue weighted by Crippen LogP contribution is -2.27. The molecule has 2 aromatic heterocycles. The number of amidine groups is 1. The van der Waals surface area contributed by atoms with Crippen LogP contribution in [0.5, 0.6) is 0 Å². The minimum atomic E-state index is -0.597. The number of nitrogens with zero attached hydrogens (tertiary/aromatic N) is 3. The van der Waals surface area contributed by atoms with Crippen LogP contribution in [0, 0.1) is 11.6 Å². The first kappa shape index (κ1) is 23.1. The molecule has 3 aliphatic heterocycles. The first-order chi connectivity index (χ1) is 17.1. The molecule has 6 nitrogen and oxygen atoms in total. The normalized spacial score (nSPS) is 18.3. The van der Waals surface area contributed by atoms with Crippen LogP contribution in [0.3, 0.4) is 0 Å². The van der Waals surface area contributed by atoms with Gasteiger partial charge in [0.05, 0.1) is 16.9 Å². The van der Waals surface area contributed by atoms with Crippen LogP contribution in [0.1, 0.15) is 48.1 Å².